The van der Waals surface area contributed by atoms with E-state index in [0.29, 0.717) is 0 Å². The van der Waals surface area contributed by atoms with Gasteiger partial charge in [0.05, 0.1) is 0 Å². The second-order valence-electron chi connectivity index (χ2n) is 4.00. The molecule has 4 heteroatoms. The number of alkyl carbamates (subject to hydrolysis) is 1. The Labute approximate surface area is 84.3 Å². The first-order valence-corrected chi connectivity index (χ1v) is 4.46. The fourth-order valence-corrected chi connectivity index (χ4v) is 0.621. The average molecular weight is 199 g/mol. The minimum atomic E-state index is -0.521. The van der Waals surface area contributed by atoms with Gasteiger partial charge in [0.1, 0.15) is 11.9 Å². The summed E-state index contributed by atoms with van der Waals surface area (Å²) in [6.45, 7) is 7.07. The van der Waals surface area contributed by atoms with Crippen molar-refractivity contribution in [2.75, 3.05) is 0 Å². The largest absolute Gasteiger partial charge is 0.444 e. The number of ether oxygens (including phenoxy) is 1. The van der Waals surface area contributed by atoms with Gasteiger partial charge in [0.15, 0.2) is 0 Å². The van der Waals surface area contributed by atoms with Crippen molar-refractivity contribution in [2.24, 2.45) is 5.92 Å². The molecule has 4 nitrogen and oxygen atoms in total. The summed E-state index contributed by atoms with van der Waals surface area (Å²) in [7, 11) is 0. The van der Waals surface area contributed by atoms with Crippen molar-refractivity contribution in [1.29, 1.82) is 0 Å². The molecule has 0 rings (SSSR count). The van der Waals surface area contributed by atoms with Crippen molar-refractivity contribution in [3.63, 3.8) is 0 Å². The molecule has 0 bridgehead atoms. The number of nitrogens with one attached hydrogen (secondary N) is 1. The Hall–Kier alpha value is -1.32. The molecule has 0 spiro atoms. The van der Waals surface area contributed by atoms with Gasteiger partial charge in [0.25, 0.3) is 0 Å². The summed E-state index contributed by atoms with van der Waals surface area (Å²) in [5, 5.41) is 2.40. The van der Waals surface area contributed by atoms with Crippen LogP contribution in [0.2, 0.25) is 0 Å². The van der Waals surface area contributed by atoms with E-state index in [1.807, 2.05) is 0 Å². The van der Waals surface area contributed by atoms with Gasteiger partial charge in [-0.1, -0.05) is 13.0 Å². The number of hydrogen-bond acceptors (Lipinski definition) is 3. The molecular formula is C10H17NO3. The lowest BCUT2D eigenvalue weighted by atomic mass is 10.2. The van der Waals surface area contributed by atoms with E-state index in [4.69, 9.17) is 4.74 Å². The van der Waals surface area contributed by atoms with Crippen LogP contribution < -0.4 is 5.32 Å². The highest BCUT2D eigenvalue weighted by atomic mass is 16.6. The molecule has 0 fully saturated rings. The van der Waals surface area contributed by atoms with Crippen molar-refractivity contribution >= 4 is 12.4 Å². The lowest BCUT2D eigenvalue weighted by Gasteiger charge is -2.18. The molecule has 0 aliphatic carbocycles. The monoisotopic (exact) mass is 199 g/mol. The molecule has 1 unspecified atom stereocenters. The molecule has 80 valence electrons. The molecule has 0 saturated carbocycles. The number of carbonyl (C=O) groups excluding carboxylic acids is 2. The van der Waals surface area contributed by atoms with Gasteiger partial charge < -0.3 is 9.53 Å². The quantitative estimate of drug-likeness (QED) is 0.706. The van der Waals surface area contributed by atoms with Crippen LogP contribution in [-0.2, 0) is 9.53 Å². The van der Waals surface area contributed by atoms with Crippen LogP contribution in [0.1, 0.15) is 27.7 Å². The lowest BCUT2D eigenvalue weighted by Crippen LogP contribution is -2.29. The summed E-state index contributed by atoms with van der Waals surface area (Å²) < 4.78 is 4.96. The summed E-state index contributed by atoms with van der Waals surface area (Å²) in [6, 6.07) is 0. The number of carbonyl (C=O) groups is 2. The summed E-state index contributed by atoms with van der Waals surface area (Å²) in [5.74, 6) is -0.204. The fourth-order valence-electron chi connectivity index (χ4n) is 0.621. The zero-order chi connectivity index (χ0) is 11.2. The Morgan fingerprint density at radius 3 is 2.43 bits per heavy atom. The molecule has 14 heavy (non-hydrogen) atoms. The molecule has 0 aromatic rings. The van der Waals surface area contributed by atoms with Crippen LogP contribution in [0.15, 0.2) is 12.3 Å². The highest BCUT2D eigenvalue weighted by molar-refractivity contribution is 5.69. The molecule has 1 amide bonds. The Bertz CT molecular complexity index is 228. The van der Waals surface area contributed by atoms with Crippen molar-refractivity contribution in [3.8, 4) is 0 Å². The molecule has 0 aromatic carbocycles. The smallest absolute Gasteiger partial charge is 0.411 e. The third kappa shape index (κ3) is 7.34. The molecule has 1 atom stereocenters. The maximum Gasteiger partial charge on any atom is 0.411 e. The second-order valence-corrected chi connectivity index (χ2v) is 4.00. The van der Waals surface area contributed by atoms with E-state index in [9.17, 15) is 9.59 Å². The lowest BCUT2D eigenvalue weighted by molar-refractivity contribution is -0.109. The van der Waals surface area contributed by atoms with Crippen molar-refractivity contribution in [2.45, 2.75) is 33.3 Å². The summed E-state index contributed by atoms with van der Waals surface area (Å²) in [4.78, 5) is 21.3. The number of rotatable bonds is 3. The Morgan fingerprint density at radius 2 is 2.00 bits per heavy atom. The molecule has 0 saturated heterocycles. The summed E-state index contributed by atoms with van der Waals surface area (Å²) >= 11 is 0. The molecule has 1 N–H and O–H groups in total. The van der Waals surface area contributed by atoms with Crippen molar-refractivity contribution < 1.29 is 14.3 Å². The van der Waals surface area contributed by atoms with Gasteiger partial charge in [-0.3, -0.25) is 5.32 Å². The third-order valence-electron chi connectivity index (χ3n) is 1.21. The van der Waals surface area contributed by atoms with Gasteiger partial charge >= 0.3 is 6.09 Å². The zero-order valence-corrected chi connectivity index (χ0v) is 9.03. The van der Waals surface area contributed by atoms with Gasteiger partial charge in [-0.25, -0.2) is 4.79 Å². The molecule has 0 radical (unpaired) electrons. The van der Waals surface area contributed by atoms with Gasteiger partial charge in [0.2, 0.25) is 0 Å². The summed E-state index contributed by atoms with van der Waals surface area (Å²) in [5.41, 5.74) is -0.506. The molecular weight excluding hydrogens is 182 g/mol. The predicted molar refractivity (Wildman–Crippen MR) is 53.7 cm³/mol. The first-order chi connectivity index (χ1) is 6.35. The van der Waals surface area contributed by atoms with Gasteiger partial charge in [0, 0.05) is 12.1 Å². The van der Waals surface area contributed by atoms with E-state index in [2.05, 4.69) is 5.32 Å². The normalized spacial score (nSPS) is 13.7. The Kier molecular flexibility index (Phi) is 4.91. The molecule has 0 aromatic heterocycles. The number of amides is 1. The van der Waals surface area contributed by atoms with Gasteiger partial charge in [-0.15, -0.1) is 0 Å². The minimum absolute atomic E-state index is 0.204. The third-order valence-corrected chi connectivity index (χ3v) is 1.21. The van der Waals surface area contributed by atoms with Crippen molar-refractivity contribution in [3.05, 3.63) is 12.3 Å². The Morgan fingerprint density at radius 1 is 1.43 bits per heavy atom. The average Bonchev–Trinajstić information content (AvgIpc) is 2.00. The fraction of sp³-hybridized carbons (Fsp3) is 0.600. The van der Waals surface area contributed by atoms with Gasteiger partial charge in [-0.2, -0.15) is 0 Å². The van der Waals surface area contributed by atoms with Crippen LogP contribution in [-0.4, -0.2) is 18.0 Å². The first-order valence-electron chi connectivity index (χ1n) is 4.46. The first kappa shape index (κ1) is 12.7. The SMILES string of the molecule is CC(C=O)C=CNC(=O)OC(C)(C)C. The maximum absolute atomic E-state index is 11.1. The van der Waals surface area contributed by atoms with Crippen LogP contribution >= 0.6 is 0 Å². The highest BCUT2D eigenvalue weighted by Gasteiger charge is 2.14. The van der Waals surface area contributed by atoms with E-state index in [0.717, 1.165) is 6.29 Å². The Balaban J connectivity index is 3.86. The van der Waals surface area contributed by atoms with E-state index in [-0.39, 0.29) is 5.92 Å². The standard InChI is InChI=1S/C10H17NO3/c1-8(7-12)5-6-11-9(13)14-10(2,3)4/h5-8H,1-4H3,(H,11,13). The zero-order valence-electron chi connectivity index (χ0n) is 9.03. The number of allylic oxidation sites excluding steroid dienone is 1. The molecule has 0 aliphatic heterocycles. The number of hydrogen-bond donors (Lipinski definition) is 1. The minimum Gasteiger partial charge on any atom is -0.444 e. The highest BCUT2D eigenvalue weighted by Crippen LogP contribution is 2.06. The number of aldehydes is 1. The van der Waals surface area contributed by atoms with Crippen LogP contribution in [0.4, 0.5) is 4.79 Å². The van der Waals surface area contributed by atoms with Crippen LogP contribution in [0.5, 0.6) is 0 Å². The van der Waals surface area contributed by atoms with E-state index >= 15 is 0 Å². The van der Waals surface area contributed by atoms with Crippen molar-refractivity contribution in [1.82, 2.24) is 5.32 Å². The van der Waals surface area contributed by atoms with E-state index < -0.39 is 11.7 Å². The van der Waals surface area contributed by atoms with E-state index in [1.165, 1.54) is 6.20 Å². The molecule has 0 aliphatic rings. The second kappa shape index (κ2) is 5.42. The maximum atomic E-state index is 11.1. The molecule has 0 heterocycles. The van der Waals surface area contributed by atoms with Gasteiger partial charge in [-0.05, 0) is 20.8 Å². The summed E-state index contributed by atoms with van der Waals surface area (Å²) in [6.07, 6.45) is 3.25. The topological polar surface area (TPSA) is 55.4 Å². The predicted octanol–water partition coefficient (Wildman–Crippen LogP) is 1.86. The van der Waals surface area contributed by atoms with Crippen LogP contribution in [0.3, 0.4) is 0 Å². The van der Waals surface area contributed by atoms with Crippen LogP contribution in [0, 0.1) is 5.92 Å². The van der Waals surface area contributed by atoms with E-state index in [1.54, 1.807) is 33.8 Å². The van der Waals surface area contributed by atoms with Crippen LogP contribution in [0.25, 0.3) is 0 Å².